The average molecular weight is 403 g/mol. The zero-order valence-corrected chi connectivity index (χ0v) is 16.6. The smallest absolute Gasteiger partial charge is 0.209 e. The van der Waals surface area contributed by atoms with Crippen molar-refractivity contribution in [2.24, 2.45) is 4.99 Å². The SMILES string of the molecule is N#CNC(=NCCCCCCSNc1ccc(Cl)cc1)Nc1ccncc1. The van der Waals surface area contributed by atoms with Crippen molar-refractivity contribution in [3.63, 3.8) is 0 Å². The number of hydrogen-bond acceptors (Lipinski definition) is 5. The van der Waals surface area contributed by atoms with Crippen molar-refractivity contribution in [2.75, 3.05) is 22.3 Å². The number of nitriles is 1. The van der Waals surface area contributed by atoms with Gasteiger partial charge >= 0.3 is 0 Å². The molecule has 1 aromatic heterocycles. The van der Waals surface area contributed by atoms with E-state index in [1.165, 1.54) is 0 Å². The third kappa shape index (κ3) is 9.18. The first-order chi connectivity index (χ1) is 13.3. The molecule has 1 heterocycles. The molecule has 0 aliphatic heterocycles. The summed E-state index contributed by atoms with van der Waals surface area (Å²) in [5, 5.41) is 15.2. The molecule has 0 spiro atoms. The Bertz CT molecular complexity index is 730. The normalized spacial score (nSPS) is 10.9. The summed E-state index contributed by atoms with van der Waals surface area (Å²) in [5.41, 5.74) is 1.91. The zero-order valence-electron chi connectivity index (χ0n) is 15.0. The lowest BCUT2D eigenvalue weighted by molar-refractivity contribution is 0.678. The largest absolute Gasteiger partial charge is 0.330 e. The van der Waals surface area contributed by atoms with Crippen LogP contribution >= 0.6 is 23.5 Å². The van der Waals surface area contributed by atoms with Crippen molar-refractivity contribution in [2.45, 2.75) is 25.7 Å². The molecule has 2 aromatic rings. The molecule has 0 saturated heterocycles. The van der Waals surface area contributed by atoms with Crippen molar-refractivity contribution in [3.8, 4) is 6.19 Å². The second-order valence-corrected chi connectivity index (χ2v) is 7.04. The quantitative estimate of drug-likeness (QED) is 0.131. The maximum atomic E-state index is 8.82. The number of anilines is 2. The van der Waals surface area contributed by atoms with Gasteiger partial charge in [0.25, 0.3) is 0 Å². The Hall–Kier alpha value is -2.43. The Morgan fingerprint density at radius 3 is 2.52 bits per heavy atom. The maximum Gasteiger partial charge on any atom is 0.209 e. The number of pyridine rings is 1. The highest BCUT2D eigenvalue weighted by Crippen LogP contribution is 2.17. The lowest BCUT2D eigenvalue weighted by atomic mass is 10.2. The van der Waals surface area contributed by atoms with E-state index in [4.69, 9.17) is 16.9 Å². The predicted octanol–water partition coefficient (Wildman–Crippen LogP) is 4.89. The summed E-state index contributed by atoms with van der Waals surface area (Å²) in [5.74, 6) is 1.52. The molecule has 142 valence electrons. The van der Waals surface area contributed by atoms with Gasteiger partial charge in [-0.25, -0.2) is 0 Å². The summed E-state index contributed by atoms with van der Waals surface area (Å²) >= 11 is 7.57. The van der Waals surface area contributed by atoms with Gasteiger partial charge in [0.15, 0.2) is 6.19 Å². The van der Waals surface area contributed by atoms with Crippen molar-refractivity contribution in [3.05, 3.63) is 53.8 Å². The Morgan fingerprint density at radius 1 is 1.04 bits per heavy atom. The van der Waals surface area contributed by atoms with Gasteiger partial charge in [0.1, 0.15) is 0 Å². The van der Waals surface area contributed by atoms with Gasteiger partial charge in [-0.2, -0.15) is 5.26 Å². The number of nitrogens with zero attached hydrogens (tertiary/aromatic N) is 3. The molecule has 0 fully saturated rings. The zero-order chi connectivity index (χ0) is 19.2. The van der Waals surface area contributed by atoms with Crippen molar-refractivity contribution in [1.29, 1.82) is 5.26 Å². The highest BCUT2D eigenvalue weighted by Gasteiger charge is 1.99. The van der Waals surface area contributed by atoms with Crippen molar-refractivity contribution >= 4 is 40.9 Å². The number of rotatable bonds is 10. The number of nitrogens with one attached hydrogen (secondary N) is 3. The number of benzene rings is 1. The lowest BCUT2D eigenvalue weighted by Crippen LogP contribution is -2.27. The van der Waals surface area contributed by atoms with Crippen LogP contribution in [0, 0.1) is 11.5 Å². The molecular weight excluding hydrogens is 380 g/mol. The fourth-order valence-electron chi connectivity index (χ4n) is 2.22. The van der Waals surface area contributed by atoms with Crippen molar-refractivity contribution in [1.82, 2.24) is 10.3 Å². The second kappa shape index (κ2) is 12.8. The van der Waals surface area contributed by atoms with Crippen LogP contribution in [0.15, 0.2) is 53.8 Å². The lowest BCUT2D eigenvalue weighted by Gasteiger charge is -2.07. The summed E-state index contributed by atoms with van der Waals surface area (Å²) < 4.78 is 3.31. The summed E-state index contributed by atoms with van der Waals surface area (Å²) in [6.45, 7) is 0.679. The molecule has 0 atom stereocenters. The molecule has 1 aromatic carbocycles. The van der Waals surface area contributed by atoms with E-state index in [2.05, 4.69) is 25.3 Å². The van der Waals surface area contributed by atoms with Gasteiger partial charge in [0.05, 0.1) is 0 Å². The molecule has 0 radical (unpaired) electrons. The van der Waals surface area contributed by atoms with Gasteiger partial charge in [-0.15, -0.1) is 0 Å². The average Bonchev–Trinajstić information content (AvgIpc) is 2.69. The standard InChI is InChI=1S/C19H23ClN6S/c20-16-5-7-18(8-6-16)26-27-14-4-2-1-3-11-23-19(24-15-21)25-17-9-12-22-13-10-17/h5-10,12-13,26H,1-4,11,14H2,(H2,22,23,24,25). The van der Waals surface area contributed by atoms with Gasteiger partial charge in [0.2, 0.25) is 5.96 Å². The first kappa shape index (κ1) is 20.9. The topological polar surface area (TPSA) is 85.1 Å². The van der Waals surface area contributed by atoms with Crippen LogP contribution in [0.2, 0.25) is 5.02 Å². The van der Waals surface area contributed by atoms with Crippen LogP contribution in [-0.2, 0) is 0 Å². The van der Waals surface area contributed by atoms with E-state index in [-0.39, 0.29) is 0 Å². The number of aliphatic imine (C=N–C) groups is 1. The summed E-state index contributed by atoms with van der Waals surface area (Å²) in [6.07, 6.45) is 9.68. The molecule has 27 heavy (non-hydrogen) atoms. The highest BCUT2D eigenvalue weighted by molar-refractivity contribution is 8.00. The van der Waals surface area contributed by atoms with E-state index in [1.807, 2.05) is 42.6 Å². The van der Waals surface area contributed by atoms with Crippen LogP contribution in [0.1, 0.15) is 25.7 Å². The molecule has 0 unspecified atom stereocenters. The monoisotopic (exact) mass is 402 g/mol. The minimum atomic E-state index is 0.464. The Balaban J connectivity index is 1.55. The number of hydrogen-bond donors (Lipinski definition) is 3. The molecule has 0 bridgehead atoms. The van der Waals surface area contributed by atoms with E-state index in [0.717, 1.165) is 47.8 Å². The number of halogens is 1. The molecular formula is C19H23ClN6S. The number of aromatic nitrogens is 1. The fourth-order valence-corrected chi connectivity index (χ4v) is 3.10. The van der Waals surface area contributed by atoms with Crippen LogP contribution in [-0.4, -0.2) is 23.2 Å². The van der Waals surface area contributed by atoms with Crippen LogP contribution < -0.4 is 15.4 Å². The molecule has 0 saturated carbocycles. The first-order valence-corrected chi connectivity index (χ1v) is 10.1. The van der Waals surface area contributed by atoms with E-state index >= 15 is 0 Å². The van der Waals surface area contributed by atoms with E-state index < -0.39 is 0 Å². The third-order valence-electron chi connectivity index (χ3n) is 3.58. The Kier molecular flexibility index (Phi) is 9.93. The molecule has 0 amide bonds. The third-order valence-corrected chi connectivity index (χ3v) is 4.70. The van der Waals surface area contributed by atoms with Gasteiger partial charge in [-0.05, 0) is 49.2 Å². The van der Waals surface area contributed by atoms with E-state index in [1.54, 1.807) is 24.3 Å². The van der Waals surface area contributed by atoms with Crippen LogP contribution in [0.4, 0.5) is 11.4 Å². The van der Waals surface area contributed by atoms with Crippen LogP contribution in [0.5, 0.6) is 0 Å². The maximum absolute atomic E-state index is 8.82. The van der Waals surface area contributed by atoms with Gasteiger partial charge < -0.3 is 10.0 Å². The van der Waals surface area contributed by atoms with Crippen LogP contribution in [0.3, 0.4) is 0 Å². The summed E-state index contributed by atoms with van der Waals surface area (Å²) in [7, 11) is 0. The molecule has 6 nitrogen and oxygen atoms in total. The highest BCUT2D eigenvalue weighted by atomic mass is 35.5. The number of unbranched alkanes of at least 4 members (excludes halogenated alkanes) is 3. The molecule has 0 aliphatic rings. The minimum absolute atomic E-state index is 0.464. The van der Waals surface area contributed by atoms with Gasteiger partial charge in [-0.3, -0.25) is 15.3 Å². The minimum Gasteiger partial charge on any atom is -0.330 e. The second-order valence-electron chi connectivity index (χ2n) is 5.70. The van der Waals surface area contributed by atoms with Crippen LogP contribution in [0.25, 0.3) is 0 Å². The van der Waals surface area contributed by atoms with E-state index in [9.17, 15) is 0 Å². The molecule has 0 aliphatic carbocycles. The first-order valence-electron chi connectivity index (χ1n) is 8.78. The Labute approximate surface area is 169 Å². The summed E-state index contributed by atoms with van der Waals surface area (Å²) in [6, 6.07) is 11.4. The fraction of sp³-hybridized carbons (Fsp3) is 0.316. The Morgan fingerprint density at radius 2 is 1.78 bits per heavy atom. The summed E-state index contributed by atoms with van der Waals surface area (Å²) in [4.78, 5) is 8.37. The molecule has 3 N–H and O–H groups in total. The van der Waals surface area contributed by atoms with Gasteiger partial charge in [0, 0.05) is 41.1 Å². The van der Waals surface area contributed by atoms with Gasteiger partial charge in [-0.1, -0.05) is 36.4 Å². The van der Waals surface area contributed by atoms with Crippen molar-refractivity contribution < 1.29 is 0 Å². The molecule has 2 rings (SSSR count). The number of guanidine groups is 1. The van der Waals surface area contributed by atoms with E-state index in [0.29, 0.717) is 12.5 Å². The predicted molar refractivity (Wildman–Crippen MR) is 115 cm³/mol. The molecule has 8 heteroatoms.